The van der Waals surface area contributed by atoms with Crippen LogP contribution in [0.25, 0.3) is 0 Å². The molecule has 1 saturated heterocycles. The van der Waals surface area contributed by atoms with Crippen molar-refractivity contribution in [2.75, 3.05) is 6.54 Å². The highest BCUT2D eigenvalue weighted by Gasteiger charge is 2.18. The molecule has 0 saturated carbocycles. The van der Waals surface area contributed by atoms with Gasteiger partial charge in [-0.15, -0.1) is 0 Å². The lowest BCUT2D eigenvalue weighted by Gasteiger charge is -2.26. The van der Waals surface area contributed by atoms with E-state index < -0.39 is 0 Å². The number of rotatable bonds is 1. The van der Waals surface area contributed by atoms with Gasteiger partial charge in [-0.3, -0.25) is 4.98 Å². The maximum absolute atomic E-state index is 4.34. The normalized spacial score (nSPS) is 22.8. The van der Waals surface area contributed by atoms with Gasteiger partial charge in [0.15, 0.2) is 0 Å². The van der Waals surface area contributed by atoms with Crippen LogP contribution < -0.4 is 5.32 Å². The third-order valence-corrected chi connectivity index (χ3v) is 2.12. The molecule has 1 N–H and O–H groups in total. The quantitative estimate of drug-likeness (QED) is 0.651. The van der Waals surface area contributed by atoms with Crippen molar-refractivity contribution >= 4 is 0 Å². The van der Waals surface area contributed by atoms with Gasteiger partial charge < -0.3 is 5.32 Å². The van der Waals surface area contributed by atoms with Crippen LogP contribution in [0, 0.1) is 6.92 Å². The number of hydrogen-bond donors (Lipinski definition) is 1. The minimum atomic E-state index is 0.524. The van der Waals surface area contributed by atoms with E-state index in [0.717, 1.165) is 6.54 Å². The Kier molecular flexibility index (Phi) is 1.62. The molecule has 1 fully saturated rings. The molecule has 1 aromatic heterocycles. The monoisotopic (exact) mass is 148 g/mol. The van der Waals surface area contributed by atoms with Gasteiger partial charge in [0, 0.05) is 6.20 Å². The molecule has 11 heavy (non-hydrogen) atoms. The van der Waals surface area contributed by atoms with Gasteiger partial charge in [-0.2, -0.15) is 0 Å². The molecule has 1 aliphatic rings. The lowest BCUT2D eigenvalue weighted by Crippen LogP contribution is -2.35. The van der Waals surface area contributed by atoms with E-state index in [9.17, 15) is 0 Å². The third kappa shape index (κ3) is 1.26. The minimum Gasteiger partial charge on any atom is -0.309 e. The van der Waals surface area contributed by atoms with Crippen LogP contribution in [0.5, 0.6) is 0 Å². The fraction of sp³-hybridized carbons (Fsp3) is 0.444. The van der Waals surface area contributed by atoms with Gasteiger partial charge in [0.05, 0.1) is 11.7 Å². The highest BCUT2D eigenvalue weighted by atomic mass is 15.0. The Labute approximate surface area is 66.7 Å². The molecule has 1 unspecified atom stereocenters. The first-order valence-electron chi connectivity index (χ1n) is 4.02. The molecule has 2 nitrogen and oxygen atoms in total. The molecule has 58 valence electrons. The van der Waals surface area contributed by atoms with Gasteiger partial charge in [0.2, 0.25) is 0 Å². The largest absolute Gasteiger partial charge is 0.309 e. The van der Waals surface area contributed by atoms with Crippen molar-refractivity contribution in [3.05, 3.63) is 29.6 Å². The van der Waals surface area contributed by atoms with E-state index in [2.05, 4.69) is 29.4 Å². The summed E-state index contributed by atoms with van der Waals surface area (Å²) >= 11 is 0. The molecule has 0 radical (unpaired) electrons. The van der Waals surface area contributed by atoms with E-state index in [0.29, 0.717) is 6.04 Å². The Hall–Kier alpha value is -0.890. The summed E-state index contributed by atoms with van der Waals surface area (Å²) in [4.78, 5) is 4.34. The van der Waals surface area contributed by atoms with Crippen LogP contribution in [0.4, 0.5) is 0 Å². The molecule has 2 rings (SSSR count). The summed E-state index contributed by atoms with van der Waals surface area (Å²) in [6.07, 6.45) is 3.16. The molecule has 2 heterocycles. The van der Waals surface area contributed by atoms with Crippen LogP contribution in [0.3, 0.4) is 0 Å². The van der Waals surface area contributed by atoms with Crippen molar-refractivity contribution in [2.45, 2.75) is 19.4 Å². The summed E-state index contributed by atoms with van der Waals surface area (Å²) < 4.78 is 0. The van der Waals surface area contributed by atoms with E-state index in [-0.39, 0.29) is 0 Å². The average molecular weight is 148 g/mol. The second-order valence-electron chi connectivity index (χ2n) is 3.06. The van der Waals surface area contributed by atoms with Gasteiger partial charge in [-0.05, 0) is 31.5 Å². The van der Waals surface area contributed by atoms with Gasteiger partial charge in [-0.1, -0.05) is 6.07 Å². The second kappa shape index (κ2) is 2.62. The van der Waals surface area contributed by atoms with E-state index in [1.807, 2.05) is 6.20 Å². The van der Waals surface area contributed by atoms with Crippen molar-refractivity contribution in [1.29, 1.82) is 0 Å². The predicted octanol–water partition coefficient (Wildman–Crippen LogP) is 1.42. The molecule has 1 aliphatic heterocycles. The maximum atomic E-state index is 4.34. The zero-order chi connectivity index (χ0) is 7.68. The Morgan fingerprint density at radius 1 is 1.55 bits per heavy atom. The predicted molar refractivity (Wildman–Crippen MR) is 44.3 cm³/mol. The summed E-state index contributed by atoms with van der Waals surface area (Å²) in [7, 11) is 0. The summed E-state index contributed by atoms with van der Waals surface area (Å²) in [5, 5.41) is 3.32. The summed E-state index contributed by atoms with van der Waals surface area (Å²) in [6, 6.07) is 4.74. The van der Waals surface area contributed by atoms with E-state index in [4.69, 9.17) is 0 Å². The molecular formula is C9H12N2. The van der Waals surface area contributed by atoms with Crippen molar-refractivity contribution in [3.63, 3.8) is 0 Å². The topological polar surface area (TPSA) is 24.9 Å². The SMILES string of the molecule is Cc1ccc(C2CCN2)nc1. The highest BCUT2D eigenvalue weighted by molar-refractivity contribution is 5.16. The molecule has 1 atom stereocenters. The van der Waals surface area contributed by atoms with Crippen LogP contribution in [0.15, 0.2) is 18.3 Å². The van der Waals surface area contributed by atoms with Gasteiger partial charge in [-0.25, -0.2) is 0 Å². The van der Waals surface area contributed by atoms with Gasteiger partial charge in [0.25, 0.3) is 0 Å². The molecule has 0 bridgehead atoms. The van der Waals surface area contributed by atoms with Crippen LogP contribution in [-0.4, -0.2) is 11.5 Å². The molecule has 2 heteroatoms. The van der Waals surface area contributed by atoms with Crippen molar-refractivity contribution < 1.29 is 0 Å². The standard InChI is InChI=1S/C9H12N2/c1-7-2-3-8(11-6-7)9-4-5-10-9/h2-3,6,9-10H,4-5H2,1H3. The molecule has 0 aliphatic carbocycles. The minimum absolute atomic E-state index is 0.524. The highest BCUT2D eigenvalue weighted by Crippen LogP contribution is 2.20. The molecule has 0 spiro atoms. The Balaban J connectivity index is 2.18. The zero-order valence-electron chi connectivity index (χ0n) is 6.67. The van der Waals surface area contributed by atoms with Crippen LogP contribution in [0.2, 0.25) is 0 Å². The second-order valence-corrected chi connectivity index (χ2v) is 3.06. The van der Waals surface area contributed by atoms with Crippen LogP contribution in [0.1, 0.15) is 23.7 Å². The fourth-order valence-electron chi connectivity index (χ4n) is 1.23. The lowest BCUT2D eigenvalue weighted by molar-refractivity contribution is 0.375. The lowest BCUT2D eigenvalue weighted by atomic mass is 10.0. The van der Waals surface area contributed by atoms with Crippen molar-refractivity contribution in [1.82, 2.24) is 10.3 Å². The first-order chi connectivity index (χ1) is 5.36. The molecular weight excluding hydrogens is 136 g/mol. The van der Waals surface area contributed by atoms with E-state index in [1.165, 1.54) is 17.7 Å². The maximum Gasteiger partial charge on any atom is 0.0573 e. The fourth-order valence-corrected chi connectivity index (χ4v) is 1.23. The number of pyridine rings is 1. The number of nitrogens with one attached hydrogen (secondary N) is 1. The number of nitrogens with zero attached hydrogens (tertiary/aromatic N) is 1. The molecule has 0 amide bonds. The smallest absolute Gasteiger partial charge is 0.0573 e. The Bertz CT molecular complexity index is 236. The Morgan fingerprint density at radius 3 is 2.82 bits per heavy atom. The summed E-state index contributed by atoms with van der Waals surface area (Å²) in [6.45, 7) is 3.20. The van der Waals surface area contributed by atoms with Crippen molar-refractivity contribution in [2.24, 2.45) is 0 Å². The average Bonchev–Trinajstić information content (AvgIpc) is 1.90. The van der Waals surface area contributed by atoms with Gasteiger partial charge >= 0.3 is 0 Å². The summed E-state index contributed by atoms with van der Waals surface area (Å²) in [5.74, 6) is 0. The third-order valence-electron chi connectivity index (χ3n) is 2.12. The summed E-state index contributed by atoms with van der Waals surface area (Å²) in [5.41, 5.74) is 2.41. The van der Waals surface area contributed by atoms with E-state index in [1.54, 1.807) is 0 Å². The first kappa shape index (κ1) is 6.80. The van der Waals surface area contributed by atoms with Crippen molar-refractivity contribution in [3.8, 4) is 0 Å². The zero-order valence-corrected chi connectivity index (χ0v) is 6.67. The molecule has 0 aromatic carbocycles. The number of hydrogen-bond acceptors (Lipinski definition) is 2. The first-order valence-corrected chi connectivity index (χ1v) is 4.02. The Morgan fingerprint density at radius 2 is 2.36 bits per heavy atom. The number of aromatic nitrogens is 1. The van der Waals surface area contributed by atoms with Crippen LogP contribution in [-0.2, 0) is 0 Å². The van der Waals surface area contributed by atoms with Crippen LogP contribution >= 0.6 is 0 Å². The van der Waals surface area contributed by atoms with E-state index >= 15 is 0 Å². The van der Waals surface area contributed by atoms with Gasteiger partial charge in [0.1, 0.15) is 0 Å². The number of aryl methyl sites for hydroxylation is 1. The molecule has 1 aromatic rings.